The summed E-state index contributed by atoms with van der Waals surface area (Å²) in [5.74, 6) is -2.11. The van der Waals surface area contributed by atoms with Crippen molar-refractivity contribution in [1.82, 2.24) is 0 Å². The third-order valence-electron chi connectivity index (χ3n) is 15.1. The first-order chi connectivity index (χ1) is 33.4. The number of aromatic carboxylic acids is 2. The van der Waals surface area contributed by atoms with Gasteiger partial charge in [-0.15, -0.1) is 0 Å². The van der Waals surface area contributed by atoms with Gasteiger partial charge in [0, 0.05) is 0 Å². The zero-order valence-corrected chi connectivity index (χ0v) is 47.7. The van der Waals surface area contributed by atoms with Crippen LogP contribution < -0.4 is 0 Å². The average Bonchev–Trinajstić information content (AvgIpc) is 3.33. The van der Waals surface area contributed by atoms with Crippen molar-refractivity contribution in [2.75, 3.05) is 0 Å². The van der Waals surface area contributed by atoms with Crippen LogP contribution in [-0.4, -0.2) is 22.2 Å². The minimum Gasteiger partial charge on any atom is -0.478 e. The highest BCUT2D eigenvalue weighted by Crippen LogP contribution is 2.36. The molecule has 0 radical (unpaired) electrons. The molecule has 0 aliphatic carbocycles. The fraction of sp³-hybridized carbons (Fsp3) is 0.871. The zero-order valence-electron chi connectivity index (χ0n) is 45.6. The van der Waals surface area contributed by atoms with Crippen LogP contribution in [-0.2, 0) is 22.3 Å². The van der Waals surface area contributed by atoms with Crippen molar-refractivity contribution in [2.45, 2.75) is 348 Å². The SMILES string of the molecule is CCCCCCCCCCCCCCCCCCc1c(CCCCCCCCCCCCCCCCCC)c(C(=O)O)c(CCCCCCCCCCCCCCCCCC)c(C(=O)O)c1I=O. The van der Waals surface area contributed by atoms with Crippen molar-refractivity contribution in [1.29, 1.82) is 0 Å². The van der Waals surface area contributed by atoms with Crippen molar-refractivity contribution in [3.05, 3.63) is 31.4 Å². The van der Waals surface area contributed by atoms with E-state index >= 15 is 0 Å². The van der Waals surface area contributed by atoms with Gasteiger partial charge in [-0.05, 0) is 55.2 Å². The third kappa shape index (κ3) is 34.9. The Morgan fingerprint density at radius 3 is 0.676 bits per heavy atom. The second-order valence-corrected chi connectivity index (χ2v) is 22.9. The fourth-order valence-corrected chi connectivity index (χ4v) is 12.4. The van der Waals surface area contributed by atoms with Gasteiger partial charge in [-0.3, -0.25) is 3.07 Å². The van der Waals surface area contributed by atoms with E-state index in [1.54, 1.807) is 0 Å². The average molecular weight is 1070 g/mol. The second kappa shape index (κ2) is 49.3. The van der Waals surface area contributed by atoms with Crippen LogP contribution in [0.5, 0.6) is 0 Å². The first-order valence-electron chi connectivity index (χ1n) is 30.4. The van der Waals surface area contributed by atoms with E-state index in [-0.39, 0.29) is 11.1 Å². The molecule has 1 aromatic rings. The topological polar surface area (TPSA) is 91.7 Å². The molecule has 1 aromatic carbocycles. The van der Waals surface area contributed by atoms with E-state index in [0.29, 0.717) is 28.4 Å². The number of hydrogen-bond donors (Lipinski definition) is 2. The normalized spacial score (nSPS) is 11.6. The number of carboxylic acids is 2. The van der Waals surface area contributed by atoms with Crippen LogP contribution in [0, 0.1) is 3.57 Å². The number of halogens is 1. The number of carbonyl (C=O) groups is 2. The Bertz CT molecular complexity index is 1320. The maximum Gasteiger partial charge on any atom is 0.337 e. The summed E-state index contributed by atoms with van der Waals surface area (Å²) in [5.41, 5.74) is 2.36. The Hall–Kier alpha value is -1.31. The van der Waals surface area contributed by atoms with Gasteiger partial charge in [0.1, 0.15) is 0 Å². The van der Waals surface area contributed by atoms with Gasteiger partial charge >= 0.3 is 11.9 Å². The Morgan fingerprint density at radius 1 is 0.279 bits per heavy atom. The molecule has 0 spiro atoms. The van der Waals surface area contributed by atoms with Crippen LogP contribution in [0.3, 0.4) is 0 Å². The molecule has 0 aliphatic heterocycles. The molecule has 0 atom stereocenters. The molecule has 0 bridgehead atoms. The molecule has 0 saturated carbocycles. The predicted molar refractivity (Wildman–Crippen MR) is 304 cm³/mol. The molecule has 68 heavy (non-hydrogen) atoms. The number of carboxylic acid groups (broad SMARTS) is 2. The molecule has 0 saturated heterocycles. The molecule has 0 aliphatic rings. The predicted octanol–water partition coefficient (Wildman–Crippen LogP) is 22.0. The minimum atomic E-state index is -1.79. The Labute approximate surface area is 433 Å². The molecular weight excluding hydrogens is 952 g/mol. The van der Waals surface area contributed by atoms with Gasteiger partial charge in [0.05, 0.1) is 14.7 Å². The largest absolute Gasteiger partial charge is 0.478 e. The Morgan fingerprint density at radius 2 is 0.471 bits per heavy atom. The van der Waals surface area contributed by atoms with Crippen LogP contribution in [0.2, 0.25) is 0 Å². The van der Waals surface area contributed by atoms with Crippen molar-refractivity contribution >= 4 is 33.1 Å². The van der Waals surface area contributed by atoms with E-state index in [1.165, 1.54) is 250 Å². The maximum atomic E-state index is 13.3. The van der Waals surface area contributed by atoms with Crippen molar-refractivity contribution in [3.63, 3.8) is 0 Å². The van der Waals surface area contributed by atoms with E-state index < -0.39 is 33.1 Å². The van der Waals surface area contributed by atoms with E-state index in [4.69, 9.17) is 0 Å². The van der Waals surface area contributed by atoms with Crippen LogP contribution in [0.15, 0.2) is 0 Å². The van der Waals surface area contributed by atoms with E-state index in [9.17, 15) is 22.9 Å². The monoisotopic (exact) mass is 1060 g/mol. The molecule has 398 valence electrons. The highest BCUT2D eigenvalue weighted by atomic mass is 127. The minimum absolute atomic E-state index is 0.0633. The Kier molecular flexibility index (Phi) is 46.9. The molecule has 0 fully saturated rings. The number of rotatable bonds is 54. The molecule has 0 unspecified atom stereocenters. The van der Waals surface area contributed by atoms with Crippen LogP contribution in [0.4, 0.5) is 0 Å². The molecule has 1 rings (SSSR count). The quantitative estimate of drug-likeness (QED) is 0.0501. The van der Waals surface area contributed by atoms with Crippen LogP contribution >= 0.6 is 21.2 Å². The zero-order chi connectivity index (χ0) is 49.4. The first-order valence-corrected chi connectivity index (χ1v) is 32.3. The second-order valence-electron chi connectivity index (χ2n) is 21.3. The lowest BCUT2D eigenvalue weighted by Crippen LogP contribution is -2.19. The number of unbranched alkanes of at least 4 members (excludes halogenated alkanes) is 45. The molecule has 0 heterocycles. The van der Waals surface area contributed by atoms with Crippen LogP contribution in [0.1, 0.15) is 366 Å². The van der Waals surface area contributed by atoms with Crippen molar-refractivity contribution < 1.29 is 22.9 Å². The molecule has 2 N–H and O–H groups in total. The van der Waals surface area contributed by atoms with Crippen molar-refractivity contribution in [3.8, 4) is 0 Å². The summed E-state index contributed by atoms with van der Waals surface area (Å²) in [4.78, 5) is 26.3. The summed E-state index contributed by atoms with van der Waals surface area (Å²) < 4.78 is 13.7. The molecule has 0 aromatic heterocycles. The van der Waals surface area contributed by atoms with Gasteiger partial charge in [0.25, 0.3) is 0 Å². The smallest absolute Gasteiger partial charge is 0.337 e. The lowest BCUT2D eigenvalue weighted by molar-refractivity contribution is 0.0693. The first kappa shape index (κ1) is 64.7. The fourth-order valence-electron chi connectivity index (χ4n) is 10.8. The van der Waals surface area contributed by atoms with Crippen molar-refractivity contribution in [2.24, 2.45) is 0 Å². The Balaban J connectivity index is 2.78. The summed E-state index contributed by atoms with van der Waals surface area (Å²) in [6.45, 7) is 6.84. The van der Waals surface area contributed by atoms with E-state index in [0.717, 1.165) is 68.9 Å². The summed E-state index contributed by atoms with van der Waals surface area (Å²) in [6, 6.07) is 0. The summed E-state index contributed by atoms with van der Waals surface area (Å²) >= 11 is -1.79. The molecule has 6 heteroatoms. The lowest BCUT2D eigenvalue weighted by Gasteiger charge is -2.22. The van der Waals surface area contributed by atoms with Crippen LogP contribution in [0.25, 0.3) is 0 Å². The summed E-state index contributed by atoms with van der Waals surface area (Å²) in [6.07, 6.45) is 63.1. The maximum absolute atomic E-state index is 13.3. The molecule has 0 amide bonds. The number of hydrogen-bond acceptors (Lipinski definition) is 3. The third-order valence-corrected chi connectivity index (χ3v) is 16.7. The van der Waals surface area contributed by atoms with Gasteiger partial charge < -0.3 is 10.2 Å². The number of benzene rings is 1. The van der Waals surface area contributed by atoms with E-state index in [1.807, 2.05) is 0 Å². The molecule has 5 nitrogen and oxygen atoms in total. The van der Waals surface area contributed by atoms with Gasteiger partial charge in [-0.1, -0.05) is 310 Å². The van der Waals surface area contributed by atoms with E-state index in [2.05, 4.69) is 20.8 Å². The standard InChI is InChI=1S/C62H113IO5/c1-4-7-10-13-16-19-22-25-28-31-34-37-40-43-46-49-52-55-56(53-50-47-44-41-38-35-32-29-26-23-20-17-14-11-8-5-2)60(63-68)59(62(66)67)57(58(55)61(64)65)54-51-48-45-42-39-36-33-30-27-24-21-18-15-12-9-6-3/h4-54H2,1-3H3,(H,64,65)(H,66,67). The molecular formula is C62H113IO5. The van der Waals surface area contributed by atoms with Gasteiger partial charge in [-0.2, -0.15) is 0 Å². The lowest BCUT2D eigenvalue weighted by atomic mass is 9.84. The summed E-state index contributed by atoms with van der Waals surface area (Å²) in [7, 11) is 0. The highest BCUT2D eigenvalue weighted by Gasteiger charge is 2.30. The highest BCUT2D eigenvalue weighted by molar-refractivity contribution is 14.1. The summed E-state index contributed by atoms with van der Waals surface area (Å²) in [5, 5.41) is 21.5. The van der Waals surface area contributed by atoms with Gasteiger partial charge in [-0.25, -0.2) is 9.59 Å². The van der Waals surface area contributed by atoms with Gasteiger partial charge in [0.2, 0.25) is 0 Å². The van der Waals surface area contributed by atoms with Gasteiger partial charge in [0.15, 0.2) is 21.2 Å².